The Morgan fingerprint density at radius 2 is 1.79 bits per heavy atom. The number of hydrogen-bond donors (Lipinski definition) is 3. The molecule has 9 nitrogen and oxygen atoms in total. The molecule has 0 aliphatic carbocycles. The number of amides is 2. The minimum Gasteiger partial charge on any atom is -0.480 e. The number of carbonyl (C=O) groups is 4. The van der Waals surface area contributed by atoms with Crippen LogP contribution in [0.3, 0.4) is 0 Å². The molecule has 0 radical (unpaired) electrons. The maximum absolute atomic E-state index is 11.7. The van der Waals surface area contributed by atoms with E-state index in [-0.39, 0.29) is 25.9 Å². The van der Waals surface area contributed by atoms with Crippen LogP contribution in [0.5, 0.6) is 0 Å². The average Bonchev–Trinajstić information content (AvgIpc) is 2.69. The molecule has 9 heteroatoms. The number of carboxylic acids is 1. The Bertz CT molecular complexity index is 649. The summed E-state index contributed by atoms with van der Waals surface area (Å²) >= 11 is 0. The van der Waals surface area contributed by atoms with Crippen LogP contribution in [0.4, 0.5) is 4.79 Å². The Labute approximate surface area is 163 Å². The number of carboxylic acid groups (broad SMARTS) is 1. The highest BCUT2D eigenvalue weighted by Gasteiger charge is 2.19. The van der Waals surface area contributed by atoms with Gasteiger partial charge in [0.15, 0.2) is 0 Å². The average molecular weight is 394 g/mol. The van der Waals surface area contributed by atoms with Crippen LogP contribution < -0.4 is 10.6 Å². The highest BCUT2D eigenvalue weighted by molar-refractivity contribution is 5.85. The monoisotopic (exact) mass is 394 g/mol. The number of benzene rings is 1. The summed E-state index contributed by atoms with van der Waals surface area (Å²) in [5.41, 5.74) is 0.880. The van der Waals surface area contributed by atoms with Crippen LogP contribution >= 0.6 is 0 Å². The lowest BCUT2D eigenvalue weighted by atomic mass is 10.1. The minimum absolute atomic E-state index is 0.107. The Kier molecular flexibility index (Phi) is 10.8. The fraction of sp³-hybridized carbons (Fsp3) is 0.474. The van der Waals surface area contributed by atoms with Gasteiger partial charge in [-0.3, -0.25) is 9.59 Å². The maximum atomic E-state index is 11.7. The summed E-state index contributed by atoms with van der Waals surface area (Å²) in [5.74, 6) is -2.21. The second-order valence-electron chi connectivity index (χ2n) is 6.02. The van der Waals surface area contributed by atoms with Gasteiger partial charge in [0.1, 0.15) is 12.6 Å². The van der Waals surface area contributed by atoms with Gasteiger partial charge in [0.25, 0.3) is 0 Å². The second kappa shape index (κ2) is 13.1. The lowest BCUT2D eigenvalue weighted by molar-refractivity contribution is -0.143. The van der Waals surface area contributed by atoms with Gasteiger partial charge in [-0.2, -0.15) is 0 Å². The summed E-state index contributed by atoms with van der Waals surface area (Å²) in [6, 6.07) is 8.22. The van der Waals surface area contributed by atoms with Crippen molar-refractivity contribution in [2.45, 2.75) is 44.8 Å². The summed E-state index contributed by atoms with van der Waals surface area (Å²) in [6.07, 6.45) is 0.430. The molecule has 0 saturated heterocycles. The summed E-state index contributed by atoms with van der Waals surface area (Å²) in [5, 5.41) is 14.1. The highest BCUT2D eigenvalue weighted by Crippen LogP contribution is 2.04. The van der Waals surface area contributed by atoms with Crippen molar-refractivity contribution in [2.75, 3.05) is 13.7 Å². The molecule has 0 aromatic heterocycles. The molecule has 1 atom stereocenters. The quantitative estimate of drug-likeness (QED) is 0.362. The van der Waals surface area contributed by atoms with Gasteiger partial charge in [-0.05, 0) is 24.8 Å². The van der Waals surface area contributed by atoms with Crippen molar-refractivity contribution in [1.29, 1.82) is 0 Å². The van der Waals surface area contributed by atoms with E-state index in [0.29, 0.717) is 19.4 Å². The second-order valence-corrected chi connectivity index (χ2v) is 6.02. The fourth-order valence-electron chi connectivity index (χ4n) is 2.28. The van der Waals surface area contributed by atoms with E-state index in [2.05, 4.69) is 15.4 Å². The molecule has 0 unspecified atom stereocenters. The van der Waals surface area contributed by atoms with E-state index in [1.807, 2.05) is 30.3 Å². The van der Waals surface area contributed by atoms with Gasteiger partial charge < -0.3 is 25.2 Å². The van der Waals surface area contributed by atoms with Gasteiger partial charge in [-0.25, -0.2) is 9.59 Å². The van der Waals surface area contributed by atoms with E-state index < -0.39 is 30.0 Å². The van der Waals surface area contributed by atoms with Crippen molar-refractivity contribution in [3.05, 3.63) is 35.9 Å². The lowest BCUT2D eigenvalue weighted by Crippen LogP contribution is -2.41. The van der Waals surface area contributed by atoms with Crippen molar-refractivity contribution in [3.8, 4) is 0 Å². The highest BCUT2D eigenvalue weighted by atomic mass is 16.5. The first-order chi connectivity index (χ1) is 13.4. The first kappa shape index (κ1) is 22.9. The third-order valence-corrected chi connectivity index (χ3v) is 3.82. The fourth-order valence-corrected chi connectivity index (χ4v) is 2.28. The van der Waals surface area contributed by atoms with Crippen molar-refractivity contribution in [1.82, 2.24) is 10.6 Å². The smallest absolute Gasteiger partial charge is 0.407 e. The van der Waals surface area contributed by atoms with Crippen LogP contribution in [0.25, 0.3) is 0 Å². The molecule has 1 aromatic carbocycles. The standard InChI is InChI=1S/C19H26N2O7/c1-27-17(23)11-10-16(22)21-15(18(24)25)9-5-6-12-20-19(26)28-13-14-7-3-2-4-8-14/h2-4,7-8,15H,5-6,9-13H2,1H3,(H,20,26)(H,21,22)(H,24,25)/t15-/m0/s1. The molecule has 0 saturated carbocycles. The summed E-state index contributed by atoms with van der Waals surface area (Å²) in [4.78, 5) is 45.5. The topological polar surface area (TPSA) is 131 Å². The zero-order valence-electron chi connectivity index (χ0n) is 15.8. The summed E-state index contributed by atoms with van der Waals surface area (Å²) < 4.78 is 9.49. The Hall–Kier alpha value is -3.10. The van der Waals surface area contributed by atoms with Crippen LogP contribution in [0.1, 0.15) is 37.7 Å². The number of aliphatic carboxylic acids is 1. The number of rotatable bonds is 12. The van der Waals surface area contributed by atoms with Crippen LogP contribution in [0.15, 0.2) is 30.3 Å². The third-order valence-electron chi connectivity index (χ3n) is 3.82. The molecule has 3 N–H and O–H groups in total. The van der Waals surface area contributed by atoms with E-state index in [1.165, 1.54) is 7.11 Å². The normalized spacial score (nSPS) is 11.2. The van der Waals surface area contributed by atoms with E-state index in [4.69, 9.17) is 4.74 Å². The maximum Gasteiger partial charge on any atom is 0.407 e. The van der Waals surface area contributed by atoms with Crippen molar-refractivity contribution < 1.29 is 33.8 Å². The Balaban J connectivity index is 2.18. The van der Waals surface area contributed by atoms with Crippen molar-refractivity contribution in [3.63, 3.8) is 0 Å². The van der Waals surface area contributed by atoms with Crippen LogP contribution in [0, 0.1) is 0 Å². The number of methoxy groups -OCH3 is 1. The van der Waals surface area contributed by atoms with Gasteiger partial charge in [-0.1, -0.05) is 30.3 Å². The predicted octanol–water partition coefficient (Wildman–Crippen LogP) is 1.61. The van der Waals surface area contributed by atoms with E-state index in [0.717, 1.165) is 5.56 Å². The molecule has 0 spiro atoms. The Morgan fingerprint density at radius 1 is 1.07 bits per heavy atom. The molecule has 0 aliphatic rings. The summed E-state index contributed by atoms with van der Waals surface area (Å²) in [6.45, 7) is 0.502. The zero-order chi connectivity index (χ0) is 20.8. The first-order valence-electron chi connectivity index (χ1n) is 8.96. The van der Waals surface area contributed by atoms with Gasteiger partial charge in [0, 0.05) is 13.0 Å². The number of nitrogens with one attached hydrogen (secondary N) is 2. The zero-order valence-corrected chi connectivity index (χ0v) is 15.8. The van der Waals surface area contributed by atoms with Crippen LogP contribution in [-0.2, 0) is 30.5 Å². The van der Waals surface area contributed by atoms with Crippen molar-refractivity contribution >= 4 is 23.9 Å². The molecule has 0 fully saturated rings. The summed E-state index contributed by atoms with van der Waals surface area (Å²) in [7, 11) is 1.21. The lowest BCUT2D eigenvalue weighted by Gasteiger charge is -2.14. The molecule has 154 valence electrons. The van der Waals surface area contributed by atoms with E-state index >= 15 is 0 Å². The molecule has 0 bridgehead atoms. The molecular formula is C19H26N2O7. The molecular weight excluding hydrogens is 368 g/mol. The number of hydrogen-bond acceptors (Lipinski definition) is 6. The van der Waals surface area contributed by atoms with Crippen LogP contribution in [-0.4, -0.2) is 48.7 Å². The molecule has 1 aromatic rings. The third kappa shape index (κ3) is 10.1. The minimum atomic E-state index is -1.15. The molecule has 0 aliphatic heterocycles. The first-order valence-corrected chi connectivity index (χ1v) is 8.96. The number of ether oxygens (including phenoxy) is 2. The van der Waals surface area contributed by atoms with Gasteiger partial charge in [0.05, 0.1) is 13.5 Å². The molecule has 0 heterocycles. The molecule has 28 heavy (non-hydrogen) atoms. The predicted molar refractivity (Wildman–Crippen MR) is 99.3 cm³/mol. The molecule has 2 amide bonds. The van der Waals surface area contributed by atoms with Gasteiger partial charge in [-0.15, -0.1) is 0 Å². The van der Waals surface area contributed by atoms with Gasteiger partial charge in [0.2, 0.25) is 5.91 Å². The van der Waals surface area contributed by atoms with Crippen LogP contribution in [0.2, 0.25) is 0 Å². The van der Waals surface area contributed by atoms with Crippen molar-refractivity contribution in [2.24, 2.45) is 0 Å². The number of esters is 1. The number of alkyl carbamates (subject to hydrolysis) is 1. The van der Waals surface area contributed by atoms with E-state index in [1.54, 1.807) is 0 Å². The number of carbonyl (C=O) groups excluding carboxylic acids is 3. The number of unbranched alkanes of at least 4 members (excludes halogenated alkanes) is 1. The van der Waals surface area contributed by atoms with E-state index in [9.17, 15) is 24.3 Å². The SMILES string of the molecule is COC(=O)CCC(=O)N[C@@H](CCCCNC(=O)OCc1ccccc1)C(=O)O. The van der Waals surface area contributed by atoms with Gasteiger partial charge >= 0.3 is 18.0 Å². The Morgan fingerprint density at radius 3 is 2.43 bits per heavy atom. The largest absolute Gasteiger partial charge is 0.480 e. The molecule has 1 rings (SSSR count).